The fourth-order valence-corrected chi connectivity index (χ4v) is 1.67. The molecule has 1 aromatic heterocycles. The molecule has 0 saturated heterocycles. The van der Waals surface area contributed by atoms with Gasteiger partial charge in [0.1, 0.15) is 0 Å². The Morgan fingerprint density at radius 1 is 1.73 bits per heavy atom. The van der Waals surface area contributed by atoms with Crippen LogP contribution >= 0.6 is 23.1 Å². The third-order valence-corrected chi connectivity index (χ3v) is 2.69. The second-order valence-electron chi connectivity index (χ2n) is 2.53. The van der Waals surface area contributed by atoms with Crippen molar-refractivity contribution in [2.24, 2.45) is 5.92 Å². The van der Waals surface area contributed by atoms with Gasteiger partial charge in [0.2, 0.25) is 0 Å². The quantitative estimate of drug-likeness (QED) is 0.682. The van der Waals surface area contributed by atoms with Crippen LogP contribution in [0.15, 0.2) is 5.38 Å². The van der Waals surface area contributed by atoms with E-state index in [1.54, 1.807) is 0 Å². The summed E-state index contributed by atoms with van der Waals surface area (Å²) in [6.45, 7) is 2.15. The zero-order valence-electron chi connectivity index (χ0n) is 6.46. The Morgan fingerprint density at radius 2 is 2.55 bits per heavy atom. The fourth-order valence-electron chi connectivity index (χ4n) is 0.877. The fraction of sp³-hybridized carbons (Fsp3) is 0.714. The minimum Gasteiger partial charge on any atom is -0.143 e. The standard InChI is InChI=1S/C7H11ClN2S/c1-2-6(4-8)3-7-5-11-10-9-7/h5-6H,2-4H2,1H3. The van der Waals surface area contributed by atoms with Gasteiger partial charge in [0.25, 0.3) is 0 Å². The van der Waals surface area contributed by atoms with E-state index in [2.05, 4.69) is 16.5 Å². The van der Waals surface area contributed by atoms with E-state index in [-0.39, 0.29) is 0 Å². The summed E-state index contributed by atoms with van der Waals surface area (Å²) in [7, 11) is 0. The predicted molar refractivity (Wildman–Crippen MR) is 48.1 cm³/mol. The Hall–Kier alpha value is -0.150. The van der Waals surface area contributed by atoms with Crippen molar-refractivity contribution < 1.29 is 0 Å². The number of hydrogen-bond donors (Lipinski definition) is 0. The summed E-state index contributed by atoms with van der Waals surface area (Å²) in [5, 5.41) is 5.94. The van der Waals surface area contributed by atoms with E-state index in [9.17, 15) is 0 Å². The van der Waals surface area contributed by atoms with Gasteiger partial charge < -0.3 is 0 Å². The van der Waals surface area contributed by atoms with Crippen molar-refractivity contribution in [3.05, 3.63) is 11.1 Å². The molecule has 0 N–H and O–H groups in total. The molecule has 1 atom stereocenters. The highest BCUT2D eigenvalue weighted by Gasteiger charge is 2.07. The van der Waals surface area contributed by atoms with E-state index in [1.165, 1.54) is 11.5 Å². The molecular formula is C7H11ClN2S. The maximum atomic E-state index is 5.74. The molecule has 1 rings (SSSR count). The number of rotatable bonds is 4. The van der Waals surface area contributed by atoms with Gasteiger partial charge >= 0.3 is 0 Å². The van der Waals surface area contributed by atoms with E-state index < -0.39 is 0 Å². The van der Waals surface area contributed by atoms with E-state index in [0.29, 0.717) is 11.8 Å². The average Bonchev–Trinajstić information content (AvgIpc) is 2.52. The van der Waals surface area contributed by atoms with Gasteiger partial charge in [0.05, 0.1) is 5.69 Å². The molecule has 0 saturated carbocycles. The first kappa shape index (κ1) is 8.94. The van der Waals surface area contributed by atoms with Crippen molar-refractivity contribution in [3.63, 3.8) is 0 Å². The molecule has 1 heterocycles. The summed E-state index contributed by atoms with van der Waals surface area (Å²) < 4.78 is 3.79. The smallest absolute Gasteiger partial charge is 0.0758 e. The number of alkyl halides is 1. The lowest BCUT2D eigenvalue weighted by Gasteiger charge is -2.06. The van der Waals surface area contributed by atoms with Crippen molar-refractivity contribution in [1.82, 2.24) is 9.59 Å². The zero-order valence-corrected chi connectivity index (χ0v) is 8.03. The van der Waals surface area contributed by atoms with Crippen LogP contribution in [0.25, 0.3) is 0 Å². The van der Waals surface area contributed by atoms with E-state index in [1.807, 2.05) is 5.38 Å². The molecule has 11 heavy (non-hydrogen) atoms. The highest BCUT2D eigenvalue weighted by atomic mass is 35.5. The van der Waals surface area contributed by atoms with Gasteiger partial charge in [0.15, 0.2) is 0 Å². The summed E-state index contributed by atoms with van der Waals surface area (Å²) in [6.07, 6.45) is 2.08. The zero-order chi connectivity index (χ0) is 8.10. The van der Waals surface area contributed by atoms with E-state index in [4.69, 9.17) is 11.6 Å². The topological polar surface area (TPSA) is 25.8 Å². The molecule has 2 nitrogen and oxygen atoms in total. The van der Waals surface area contributed by atoms with Crippen molar-refractivity contribution in [1.29, 1.82) is 0 Å². The number of halogens is 1. The Morgan fingerprint density at radius 3 is 3.00 bits per heavy atom. The molecule has 62 valence electrons. The molecule has 0 bridgehead atoms. The van der Waals surface area contributed by atoms with E-state index >= 15 is 0 Å². The monoisotopic (exact) mass is 190 g/mol. The second-order valence-corrected chi connectivity index (χ2v) is 3.45. The van der Waals surface area contributed by atoms with Crippen LogP contribution in [0.4, 0.5) is 0 Å². The molecule has 4 heteroatoms. The minimum absolute atomic E-state index is 0.556. The maximum Gasteiger partial charge on any atom is 0.0758 e. The lowest BCUT2D eigenvalue weighted by atomic mass is 10.0. The molecule has 0 aliphatic carbocycles. The lowest BCUT2D eigenvalue weighted by Crippen LogP contribution is -2.04. The maximum absolute atomic E-state index is 5.74. The lowest BCUT2D eigenvalue weighted by molar-refractivity contribution is 0.558. The van der Waals surface area contributed by atoms with E-state index in [0.717, 1.165) is 18.5 Å². The Labute approximate surface area is 75.7 Å². The first-order valence-electron chi connectivity index (χ1n) is 3.68. The first-order valence-corrected chi connectivity index (χ1v) is 5.05. The molecule has 1 unspecified atom stereocenters. The van der Waals surface area contributed by atoms with Crippen molar-refractivity contribution in [2.45, 2.75) is 19.8 Å². The highest BCUT2D eigenvalue weighted by molar-refractivity contribution is 7.03. The summed E-state index contributed by atoms with van der Waals surface area (Å²) in [5.74, 6) is 1.27. The van der Waals surface area contributed by atoms with Crippen LogP contribution in [0.5, 0.6) is 0 Å². The van der Waals surface area contributed by atoms with Crippen molar-refractivity contribution in [2.75, 3.05) is 5.88 Å². The molecule has 0 aliphatic heterocycles. The van der Waals surface area contributed by atoms with Gasteiger partial charge in [-0.2, -0.15) is 0 Å². The first-order chi connectivity index (χ1) is 5.36. The van der Waals surface area contributed by atoms with Gasteiger partial charge in [-0.05, 0) is 23.9 Å². The molecular weight excluding hydrogens is 180 g/mol. The molecule has 0 fully saturated rings. The summed E-state index contributed by atoms with van der Waals surface area (Å²) in [6, 6.07) is 0. The SMILES string of the molecule is CCC(CCl)Cc1csnn1. The Balaban J connectivity index is 2.41. The number of nitrogens with zero attached hydrogens (tertiary/aromatic N) is 2. The van der Waals surface area contributed by atoms with Crippen LogP contribution in [-0.2, 0) is 6.42 Å². The molecule has 0 spiro atoms. The number of hydrogen-bond acceptors (Lipinski definition) is 3. The summed E-state index contributed by atoms with van der Waals surface area (Å²) in [4.78, 5) is 0. The van der Waals surface area contributed by atoms with Crippen LogP contribution in [-0.4, -0.2) is 15.5 Å². The normalized spacial score (nSPS) is 13.3. The molecule has 0 radical (unpaired) electrons. The van der Waals surface area contributed by atoms with Gasteiger partial charge in [-0.15, -0.1) is 16.7 Å². The summed E-state index contributed by atoms with van der Waals surface area (Å²) >= 11 is 7.14. The van der Waals surface area contributed by atoms with Crippen molar-refractivity contribution >= 4 is 23.1 Å². The van der Waals surface area contributed by atoms with Crippen LogP contribution < -0.4 is 0 Å². The third-order valence-electron chi connectivity index (χ3n) is 1.70. The van der Waals surface area contributed by atoms with Crippen molar-refractivity contribution in [3.8, 4) is 0 Å². The molecule has 0 amide bonds. The van der Waals surface area contributed by atoms with Crippen LogP contribution in [0, 0.1) is 5.92 Å². The van der Waals surface area contributed by atoms with Gasteiger partial charge in [-0.1, -0.05) is 17.8 Å². The average molecular weight is 191 g/mol. The van der Waals surface area contributed by atoms with Gasteiger partial charge in [0, 0.05) is 11.3 Å². The molecule has 1 aromatic rings. The molecule has 0 aromatic carbocycles. The molecule has 0 aliphatic rings. The predicted octanol–water partition coefficient (Wildman–Crippen LogP) is 2.35. The third kappa shape index (κ3) is 2.75. The minimum atomic E-state index is 0.556. The van der Waals surface area contributed by atoms with Gasteiger partial charge in [-0.25, -0.2) is 0 Å². The number of aromatic nitrogens is 2. The van der Waals surface area contributed by atoms with Gasteiger partial charge in [-0.3, -0.25) is 0 Å². The van der Waals surface area contributed by atoms with Crippen LogP contribution in [0.2, 0.25) is 0 Å². The Bertz CT molecular complexity index is 184. The van der Waals surface area contributed by atoms with Crippen LogP contribution in [0.1, 0.15) is 19.0 Å². The highest BCUT2D eigenvalue weighted by Crippen LogP contribution is 2.12. The largest absolute Gasteiger partial charge is 0.143 e. The van der Waals surface area contributed by atoms with Crippen LogP contribution in [0.3, 0.4) is 0 Å². The second kappa shape index (κ2) is 4.67. The Kier molecular flexibility index (Phi) is 3.80. The summed E-state index contributed by atoms with van der Waals surface area (Å²) in [5.41, 5.74) is 1.07.